The first-order chi connectivity index (χ1) is 11.3. The maximum Gasteiger partial charge on any atom is 0.231 e. The van der Waals surface area contributed by atoms with Crippen LogP contribution in [0.2, 0.25) is 0 Å². The first kappa shape index (κ1) is 15.9. The fourth-order valence-corrected chi connectivity index (χ4v) is 3.49. The van der Waals surface area contributed by atoms with Gasteiger partial charge in [0.2, 0.25) is 11.9 Å². The number of benzene rings is 1. The predicted octanol–water partition coefficient (Wildman–Crippen LogP) is 3.11. The Morgan fingerprint density at radius 2 is 2.17 bits per heavy atom. The lowest BCUT2D eigenvalue weighted by Crippen LogP contribution is -2.45. The number of hydrogen-bond donors (Lipinski definition) is 1. The smallest absolute Gasteiger partial charge is 0.231 e. The second kappa shape index (κ2) is 7.55. The minimum absolute atomic E-state index is 0.127. The molecule has 5 nitrogen and oxygen atoms in total. The van der Waals surface area contributed by atoms with E-state index >= 15 is 0 Å². The van der Waals surface area contributed by atoms with Gasteiger partial charge in [-0.1, -0.05) is 6.08 Å². The van der Waals surface area contributed by atoms with Gasteiger partial charge in [0.1, 0.15) is 5.75 Å². The van der Waals surface area contributed by atoms with E-state index in [1.165, 1.54) is 4.91 Å². The Morgan fingerprint density at radius 1 is 1.35 bits per heavy atom. The minimum Gasteiger partial charge on any atom is -0.494 e. The van der Waals surface area contributed by atoms with E-state index in [1.54, 1.807) is 4.90 Å². The molecule has 0 atom stereocenters. The molecule has 0 aliphatic carbocycles. The van der Waals surface area contributed by atoms with Crippen molar-refractivity contribution in [3.63, 3.8) is 0 Å². The van der Waals surface area contributed by atoms with Crippen LogP contribution in [0.3, 0.4) is 0 Å². The Morgan fingerprint density at radius 3 is 2.87 bits per heavy atom. The summed E-state index contributed by atoms with van der Waals surface area (Å²) in [5.41, 5.74) is 0.903. The van der Waals surface area contributed by atoms with E-state index in [4.69, 9.17) is 4.74 Å². The summed E-state index contributed by atoms with van der Waals surface area (Å²) in [4.78, 5) is 19.8. The number of thioether (sulfide) groups is 1. The van der Waals surface area contributed by atoms with Gasteiger partial charge >= 0.3 is 0 Å². The molecule has 1 amide bonds. The first-order valence-electron chi connectivity index (χ1n) is 7.93. The number of allylic oxidation sites excluding steroid dienone is 1. The number of hydrogen-bond acceptors (Lipinski definition) is 5. The lowest BCUT2D eigenvalue weighted by molar-refractivity contribution is -0.127. The normalized spacial score (nSPS) is 17.8. The molecule has 6 heteroatoms. The summed E-state index contributed by atoms with van der Waals surface area (Å²) in [5.74, 6) is 2.71. The molecule has 1 N–H and O–H groups in total. The summed E-state index contributed by atoms with van der Waals surface area (Å²) >= 11 is 1.82. The van der Waals surface area contributed by atoms with Crippen molar-refractivity contribution in [1.82, 2.24) is 4.90 Å². The second-order valence-electron chi connectivity index (χ2n) is 5.33. The predicted molar refractivity (Wildman–Crippen MR) is 95.0 cm³/mol. The summed E-state index contributed by atoms with van der Waals surface area (Å²) in [7, 11) is 0. The van der Waals surface area contributed by atoms with Gasteiger partial charge in [-0.05, 0) is 37.6 Å². The molecule has 3 rings (SSSR count). The van der Waals surface area contributed by atoms with Crippen molar-refractivity contribution >= 4 is 29.3 Å². The number of amides is 1. The van der Waals surface area contributed by atoms with E-state index in [2.05, 4.69) is 16.4 Å². The highest BCUT2D eigenvalue weighted by Gasteiger charge is 2.25. The van der Waals surface area contributed by atoms with Crippen molar-refractivity contribution in [3.05, 3.63) is 35.2 Å². The van der Waals surface area contributed by atoms with Gasteiger partial charge in [-0.3, -0.25) is 14.7 Å². The molecule has 2 aliphatic rings. The molecular weight excluding hydrogens is 310 g/mol. The summed E-state index contributed by atoms with van der Waals surface area (Å²) in [6.45, 7) is 3.77. The molecule has 0 aromatic heterocycles. The van der Waals surface area contributed by atoms with Gasteiger partial charge in [-0.2, -0.15) is 0 Å². The largest absolute Gasteiger partial charge is 0.494 e. The third-order valence-electron chi connectivity index (χ3n) is 3.66. The zero-order chi connectivity index (χ0) is 16.1. The Bertz CT molecular complexity index is 625. The van der Waals surface area contributed by atoms with E-state index < -0.39 is 0 Å². The Balaban J connectivity index is 1.70. The maximum atomic E-state index is 12.3. The van der Waals surface area contributed by atoms with Gasteiger partial charge in [0.25, 0.3) is 0 Å². The molecule has 1 aromatic rings. The van der Waals surface area contributed by atoms with Crippen molar-refractivity contribution in [2.45, 2.75) is 19.8 Å². The minimum atomic E-state index is 0.127. The SMILES string of the molecule is CCOc1ccc(NC2=NCCC(=O)N2CC2=CCCS2)cc1. The number of anilines is 1. The molecule has 122 valence electrons. The van der Waals surface area contributed by atoms with Crippen LogP contribution in [0.4, 0.5) is 5.69 Å². The van der Waals surface area contributed by atoms with Gasteiger partial charge < -0.3 is 10.1 Å². The Kier molecular flexibility index (Phi) is 5.23. The topological polar surface area (TPSA) is 53.9 Å². The molecule has 0 fully saturated rings. The zero-order valence-corrected chi connectivity index (χ0v) is 14.1. The van der Waals surface area contributed by atoms with Gasteiger partial charge in [-0.25, -0.2) is 0 Å². The van der Waals surface area contributed by atoms with Crippen LogP contribution in [-0.2, 0) is 4.79 Å². The van der Waals surface area contributed by atoms with Gasteiger partial charge in [0.05, 0.1) is 19.7 Å². The van der Waals surface area contributed by atoms with E-state index in [9.17, 15) is 4.79 Å². The van der Waals surface area contributed by atoms with Crippen molar-refractivity contribution in [2.24, 2.45) is 4.99 Å². The lowest BCUT2D eigenvalue weighted by Gasteiger charge is -2.28. The standard InChI is InChI=1S/C17H21N3O2S/c1-2-22-14-7-5-13(6-8-14)19-17-18-10-9-16(21)20(17)12-15-4-3-11-23-15/h4-8H,2-3,9-12H2,1H3,(H,18,19). The van der Waals surface area contributed by atoms with E-state index in [0.29, 0.717) is 32.1 Å². The van der Waals surface area contributed by atoms with Crippen LogP contribution in [-0.4, -0.2) is 42.2 Å². The second-order valence-corrected chi connectivity index (χ2v) is 6.55. The molecule has 2 aliphatic heterocycles. The highest BCUT2D eigenvalue weighted by Crippen LogP contribution is 2.26. The molecule has 23 heavy (non-hydrogen) atoms. The van der Waals surface area contributed by atoms with Crippen LogP contribution < -0.4 is 10.1 Å². The van der Waals surface area contributed by atoms with E-state index in [1.807, 2.05) is 43.0 Å². The fourth-order valence-electron chi connectivity index (χ4n) is 2.53. The number of guanidine groups is 1. The number of nitrogens with zero attached hydrogens (tertiary/aromatic N) is 2. The monoisotopic (exact) mass is 331 g/mol. The van der Waals surface area contributed by atoms with Crippen LogP contribution in [0.5, 0.6) is 5.75 Å². The summed E-state index contributed by atoms with van der Waals surface area (Å²) in [6, 6.07) is 7.70. The van der Waals surface area contributed by atoms with Crippen LogP contribution in [0, 0.1) is 0 Å². The molecule has 0 radical (unpaired) electrons. The number of ether oxygens (including phenoxy) is 1. The van der Waals surface area contributed by atoms with Crippen molar-refractivity contribution in [2.75, 3.05) is 30.8 Å². The van der Waals surface area contributed by atoms with Crippen molar-refractivity contribution in [1.29, 1.82) is 0 Å². The highest BCUT2D eigenvalue weighted by molar-refractivity contribution is 8.03. The molecule has 0 bridgehead atoms. The Hall–Kier alpha value is -1.95. The molecule has 0 saturated heterocycles. The van der Waals surface area contributed by atoms with E-state index in [0.717, 1.165) is 23.6 Å². The zero-order valence-electron chi connectivity index (χ0n) is 13.2. The maximum absolute atomic E-state index is 12.3. The highest BCUT2D eigenvalue weighted by atomic mass is 32.2. The third-order valence-corrected chi connectivity index (χ3v) is 4.76. The van der Waals surface area contributed by atoms with E-state index in [-0.39, 0.29) is 5.91 Å². The van der Waals surface area contributed by atoms with Crippen LogP contribution in [0.15, 0.2) is 40.2 Å². The average molecular weight is 331 g/mol. The number of aliphatic imine (C=N–C) groups is 1. The van der Waals surface area contributed by atoms with Crippen LogP contribution in [0.1, 0.15) is 19.8 Å². The number of carbonyl (C=O) groups is 1. The first-order valence-corrected chi connectivity index (χ1v) is 8.91. The Labute approximate surface area is 140 Å². The molecule has 0 unspecified atom stereocenters. The number of carbonyl (C=O) groups excluding carboxylic acids is 1. The third kappa shape index (κ3) is 4.07. The molecule has 2 heterocycles. The molecular formula is C17H21N3O2S. The van der Waals surface area contributed by atoms with Crippen molar-refractivity contribution < 1.29 is 9.53 Å². The lowest BCUT2D eigenvalue weighted by atomic mass is 10.2. The van der Waals surface area contributed by atoms with Gasteiger partial charge in [0, 0.05) is 22.8 Å². The number of nitrogens with one attached hydrogen (secondary N) is 1. The summed E-state index contributed by atoms with van der Waals surface area (Å²) < 4.78 is 5.44. The van der Waals surface area contributed by atoms with Gasteiger partial charge in [0.15, 0.2) is 0 Å². The molecule has 0 saturated carbocycles. The van der Waals surface area contributed by atoms with Crippen LogP contribution in [0.25, 0.3) is 0 Å². The fraction of sp³-hybridized carbons (Fsp3) is 0.412. The quantitative estimate of drug-likeness (QED) is 0.901. The number of rotatable bonds is 5. The average Bonchev–Trinajstić information content (AvgIpc) is 3.06. The summed E-state index contributed by atoms with van der Waals surface area (Å²) in [5, 5.41) is 3.27. The summed E-state index contributed by atoms with van der Waals surface area (Å²) in [6.07, 6.45) is 3.77. The van der Waals surface area contributed by atoms with Crippen molar-refractivity contribution in [3.8, 4) is 5.75 Å². The molecule has 1 aromatic carbocycles. The van der Waals surface area contributed by atoms with Gasteiger partial charge in [-0.15, -0.1) is 11.8 Å². The molecule has 0 spiro atoms. The van der Waals surface area contributed by atoms with Crippen LogP contribution >= 0.6 is 11.8 Å².